The summed E-state index contributed by atoms with van der Waals surface area (Å²) in [7, 11) is 0. The van der Waals surface area contributed by atoms with Crippen molar-refractivity contribution in [3.63, 3.8) is 0 Å². The standard InChI is InChI=1S/C10H14N4/c1-4-7(2)9-11-5-8(3)10-12-6-13-14(9)10/h5-7H,4H2,1-3H3. The highest BCUT2D eigenvalue weighted by Crippen LogP contribution is 2.17. The minimum atomic E-state index is 0.416. The van der Waals surface area contributed by atoms with Gasteiger partial charge in [0.05, 0.1) is 0 Å². The van der Waals surface area contributed by atoms with E-state index in [9.17, 15) is 0 Å². The summed E-state index contributed by atoms with van der Waals surface area (Å²) in [6.07, 6.45) is 4.51. The molecular formula is C10H14N4. The van der Waals surface area contributed by atoms with Crippen LogP contribution in [0.3, 0.4) is 0 Å². The summed E-state index contributed by atoms with van der Waals surface area (Å²) in [5.41, 5.74) is 1.98. The van der Waals surface area contributed by atoms with Crippen LogP contribution in [0.2, 0.25) is 0 Å². The van der Waals surface area contributed by atoms with Gasteiger partial charge in [0.15, 0.2) is 5.65 Å². The van der Waals surface area contributed by atoms with Gasteiger partial charge in [-0.15, -0.1) is 0 Å². The molecule has 0 spiro atoms. The molecule has 0 radical (unpaired) electrons. The molecule has 0 saturated heterocycles. The molecule has 0 amide bonds. The minimum absolute atomic E-state index is 0.416. The van der Waals surface area contributed by atoms with Crippen molar-refractivity contribution in [3.8, 4) is 0 Å². The second-order valence-electron chi connectivity index (χ2n) is 3.60. The van der Waals surface area contributed by atoms with Gasteiger partial charge in [0.25, 0.3) is 0 Å². The minimum Gasteiger partial charge on any atom is -0.241 e. The van der Waals surface area contributed by atoms with Crippen LogP contribution in [0.15, 0.2) is 12.5 Å². The lowest BCUT2D eigenvalue weighted by molar-refractivity contribution is 0.642. The number of nitrogens with zero attached hydrogens (tertiary/aromatic N) is 4. The zero-order chi connectivity index (χ0) is 10.1. The summed E-state index contributed by atoms with van der Waals surface area (Å²) in [6.45, 7) is 6.30. The lowest BCUT2D eigenvalue weighted by Crippen LogP contribution is -2.06. The molecule has 4 nitrogen and oxygen atoms in total. The van der Waals surface area contributed by atoms with E-state index in [0.717, 1.165) is 23.5 Å². The van der Waals surface area contributed by atoms with Crippen molar-refractivity contribution in [2.75, 3.05) is 0 Å². The van der Waals surface area contributed by atoms with Gasteiger partial charge in [-0.2, -0.15) is 9.61 Å². The molecule has 14 heavy (non-hydrogen) atoms. The average Bonchev–Trinajstić information content (AvgIpc) is 2.67. The van der Waals surface area contributed by atoms with Crippen LogP contribution in [0.25, 0.3) is 5.65 Å². The quantitative estimate of drug-likeness (QED) is 0.726. The van der Waals surface area contributed by atoms with Crippen LogP contribution in [0.5, 0.6) is 0 Å². The van der Waals surface area contributed by atoms with Crippen LogP contribution < -0.4 is 0 Å². The first-order chi connectivity index (χ1) is 6.74. The Morgan fingerprint density at radius 2 is 2.21 bits per heavy atom. The molecule has 0 aliphatic heterocycles. The van der Waals surface area contributed by atoms with E-state index in [1.807, 2.05) is 17.6 Å². The number of aromatic nitrogens is 4. The molecule has 0 aliphatic carbocycles. The van der Waals surface area contributed by atoms with Gasteiger partial charge in [-0.1, -0.05) is 13.8 Å². The summed E-state index contributed by atoms with van der Waals surface area (Å²) in [6, 6.07) is 0. The molecule has 74 valence electrons. The molecule has 0 N–H and O–H groups in total. The predicted octanol–water partition coefficient (Wildman–Crippen LogP) is 1.95. The molecule has 1 atom stereocenters. The molecule has 0 aliphatic rings. The summed E-state index contributed by atoms with van der Waals surface area (Å²) >= 11 is 0. The second-order valence-corrected chi connectivity index (χ2v) is 3.60. The Balaban J connectivity index is 2.66. The maximum atomic E-state index is 4.41. The Morgan fingerprint density at radius 1 is 1.43 bits per heavy atom. The molecule has 2 aromatic heterocycles. The SMILES string of the molecule is CCC(C)c1ncc(C)c2ncnn12. The molecule has 0 aromatic carbocycles. The average molecular weight is 190 g/mol. The van der Waals surface area contributed by atoms with E-state index in [-0.39, 0.29) is 0 Å². The van der Waals surface area contributed by atoms with Crippen molar-refractivity contribution in [1.82, 2.24) is 19.6 Å². The lowest BCUT2D eigenvalue weighted by atomic mass is 10.1. The van der Waals surface area contributed by atoms with Gasteiger partial charge in [-0.3, -0.25) is 0 Å². The first-order valence-electron chi connectivity index (χ1n) is 4.89. The highest BCUT2D eigenvalue weighted by Gasteiger charge is 2.11. The fourth-order valence-corrected chi connectivity index (χ4v) is 1.47. The fraction of sp³-hybridized carbons (Fsp3) is 0.500. The van der Waals surface area contributed by atoms with Crippen LogP contribution in [-0.4, -0.2) is 19.6 Å². The predicted molar refractivity (Wildman–Crippen MR) is 54.2 cm³/mol. The Labute approximate surface area is 83.0 Å². The summed E-state index contributed by atoms with van der Waals surface area (Å²) in [5, 5.41) is 4.19. The number of rotatable bonds is 2. The summed E-state index contributed by atoms with van der Waals surface area (Å²) < 4.78 is 1.84. The van der Waals surface area contributed by atoms with E-state index >= 15 is 0 Å². The second kappa shape index (κ2) is 3.36. The molecule has 0 bridgehead atoms. The normalized spacial score (nSPS) is 13.4. The van der Waals surface area contributed by atoms with E-state index in [1.54, 1.807) is 6.33 Å². The Morgan fingerprint density at radius 3 is 2.93 bits per heavy atom. The van der Waals surface area contributed by atoms with Crippen LogP contribution in [-0.2, 0) is 0 Å². The third kappa shape index (κ3) is 1.27. The maximum absolute atomic E-state index is 4.41. The van der Waals surface area contributed by atoms with Gasteiger partial charge in [-0.25, -0.2) is 9.97 Å². The van der Waals surface area contributed by atoms with E-state index in [0.29, 0.717) is 5.92 Å². The van der Waals surface area contributed by atoms with Crippen molar-refractivity contribution in [1.29, 1.82) is 0 Å². The van der Waals surface area contributed by atoms with Gasteiger partial charge >= 0.3 is 0 Å². The Kier molecular flexibility index (Phi) is 2.19. The van der Waals surface area contributed by atoms with Gasteiger partial charge in [-0.05, 0) is 13.3 Å². The topological polar surface area (TPSA) is 43.1 Å². The molecule has 2 aromatic rings. The van der Waals surface area contributed by atoms with Gasteiger partial charge in [0.2, 0.25) is 0 Å². The highest BCUT2D eigenvalue weighted by molar-refractivity contribution is 5.44. The Hall–Kier alpha value is -1.45. The smallest absolute Gasteiger partial charge is 0.161 e. The largest absolute Gasteiger partial charge is 0.241 e. The van der Waals surface area contributed by atoms with E-state index in [1.165, 1.54) is 0 Å². The van der Waals surface area contributed by atoms with Crippen LogP contribution in [0.1, 0.15) is 37.6 Å². The third-order valence-corrected chi connectivity index (χ3v) is 2.56. The first kappa shape index (κ1) is 9.12. The van der Waals surface area contributed by atoms with Gasteiger partial charge < -0.3 is 0 Å². The molecular weight excluding hydrogens is 176 g/mol. The van der Waals surface area contributed by atoms with Crippen molar-refractivity contribution in [3.05, 3.63) is 23.9 Å². The first-order valence-corrected chi connectivity index (χ1v) is 4.89. The zero-order valence-corrected chi connectivity index (χ0v) is 8.73. The van der Waals surface area contributed by atoms with Crippen LogP contribution >= 0.6 is 0 Å². The van der Waals surface area contributed by atoms with Crippen molar-refractivity contribution in [2.45, 2.75) is 33.1 Å². The molecule has 1 unspecified atom stereocenters. The number of hydrogen-bond acceptors (Lipinski definition) is 3. The third-order valence-electron chi connectivity index (χ3n) is 2.56. The van der Waals surface area contributed by atoms with Gasteiger partial charge in [0, 0.05) is 17.7 Å². The van der Waals surface area contributed by atoms with Crippen molar-refractivity contribution >= 4 is 5.65 Å². The molecule has 2 heterocycles. The Bertz CT molecular complexity index is 446. The fourth-order valence-electron chi connectivity index (χ4n) is 1.47. The molecule has 2 rings (SSSR count). The highest BCUT2D eigenvalue weighted by atomic mass is 15.3. The number of aryl methyl sites for hydroxylation is 1. The monoisotopic (exact) mass is 190 g/mol. The molecule has 4 heteroatoms. The number of fused-ring (bicyclic) bond motifs is 1. The maximum Gasteiger partial charge on any atom is 0.161 e. The van der Waals surface area contributed by atoms with Gasteiger partial charge in [0.1, 0.15) is 12.2 Å². The van der Waals surface area contributed by atoms with E-state index < -0.39 is 0 Å². The lowest BCUT2D eigenvalue weighted by Gasteiger charge is -2.09. The molecule has 0 fully saturated rings. The van der Waals surface area contributed by atoms with Crippen molar-refractivity contribution in [2.24, 2.45) is 0 Å². The summed E-state index contributed by atoms with van der Waals surface area (Å²) in [5.74, 6) is 1.41. The van der Waals surface area contributed by atoms with Crippen LogP contribution in [0.4, 0.5) is 0 Å². The van der Waals surface area contributed by atoms with E-state index in [4.69, 9.17) is 0 Å². The zero-order valence-electron chi connectivity index (χ0n) is 8.73. The van der Waals surface area contributed by atoms with Crippen LogP contribution in [0, 0.1) is 6.92 Å². The van der Waals surface area contributed by atoms with E-state index in [2.05, 4.69) is 28.9 Å². The summed E-state index contributed by atoms with van der Waals surface area (Å²) in [4.78, 5) is 8.62. The number of hydrogen-bond donors (Lipinski definition) is 0. The molecule has 0 saturated carbocycles. The van der Waals surface area contributed by atoms with Crippen molar-refractivity contribution < 1.29 is 0 Å².